The van der Waals surface area contributed by atoms with Crippen LogP contribution in [0.1, 0.15) is 32.9 Å². The number of nitrogens with zero attached hydrogens (tertiary/aromatic N) is 2. The highest BCUT2D eigenvalue weighted by molar-refractivity contribution is 7.13. The van der Waals surface area contributed by atoms with Gasteiger partial charge in [0.15, 0.2) is 17.3 Å². The third-order valence-corrected chi connectivity index (χ3v) is 4.20. The number of ketones is 1. The van der Waals surface area contributed by atoms with Gasteiger partial charge in [-0.15, -0.1) is 11.3 Å². The minimum absolute atomic E-state index is 0.103. The molecule has 0 amide bonds. The Hall–Kier alpha value is -2.65. The van der Waals surface area contributed by atoms with Gasteiger partial charge >= 0.3 is 0 Å². The fourth-order valence-electron chi connectivity index (χ4n) is 2.09. The highest BCUT2D eigenvalue weighted by Crippen LogP contribution is 2.30. The SMILES string of the molecule is COc1ccc(C=C(C#N)c2nc(C(C)=O)c(C)s2)cc1OC. The van der Waals surface area contributed by atoms with E-state index in [9.17, 15) is 10.1 Å². The topological polar surface area (TPSA) is 72.2 Å². The fourth-order valence-corrected chi connectivity index (χ4v) is 3.02. The summed E-state index contributed by atoms with van der Waals surface area (Å²) < 4.78 is 10.5. The number of Topliss-reactive ketones (excluding diaryl/α,β-unsaturated/α-hetero) is 1. The number of aryl methyl sites for hydroxylation is 1. The maximum atomic E-state index is 11.5. The molecule has 0 unspecified atom stereocenters. The molecule has 1 aromatic carbocycles. The van der Waals surface area contributed by atoms with Crippen LogP contribution in [0.5, 0.6) is 11.5 Å². The Morgan fingerprint density at radius 2 is 2.00 bits per heavy atom. The molecule has 0 N–H and O–H groups in total. The van der Waals surface area contributed by atoms with Gasteiger partial charge in [0.25, 0.3) is 0 Å². The molecule has 5 nitrogen and oxygen atoms in total. The first kappa shape index (κ1) is 16.7. The third kappa shape index (κ3) is 3.58. The van der Waals surface area contributed by atoms with Crippen molar-refractivity contribution in [1.82, 2.24) is 4.98 Å². The molecule has 118 valence electrons. The number of thiazole rings is 1. The summed E-state index contributed by atoms with van der Waals surface area (Å²) in [6.07, 6.45) is 1.71. The van der Waals surface area contributed by atoms with Crippen LogP contribution in [0, 0.1) is 18.3 Å². The van der Waals surface area contributed by atoms with Crippen LogP contribution in [-0.4, -0.2) is 25.0 Å². The van der Waals surface area contributed by atoms with Crippen LogP contribution in [0.25, 0.3) is 11.6 Å². The van der Waals surface area contributed by atoms with Crippen LogP contribution >= 0.6 is 11.3 Å². The molecule has 0 saturated heterocycles. The van der Waals surface area contributed by atoms with Crippen LogP contribution in [-0.2, 0) is 0 Å². The average molecular weight is 328 g/mol. The van der Waals surface area contributed by atoms with Gasteiger partial charge in [0, 0.05) is 11.8 Å². The van der Waals surface area contributed by atoms with Crippen LogP contribution in [0.15, 0.2) is 18.2 Å². The molecule has 0 spiro atoms. The fraction of sp³-hybridized carbons (Fsp3) is 0.235. The molecule has 2 aromatic rings. The van der Waals surface area contributed by atoms with E-state index < -0.39 is 0 Å². The lowest BCUT2D eigenvalue weighted by Crippen LogP contribution is -1.95. The van der Waals surface area contributed by atoms with Gasteiger partial charge in [-0.3, -0.25) is 4.79 Å². The number of methoxy groups -OCH3 is 2. The van der Waals surface area contributed by atoms with E-state index in [1.807, 2.05) is 13.0 Å². The van der Waals surface area contributed by atoms with Crippen LogP contribution in [0.4, 0.5) is 0 Å². The van der Waals surface area contributed by atoms with Gasteiger partial charge in [0.1, 0.15) is 16.8 Å². The molecule has 0 atom stereocenters. The summed E-state index contributed by atoms with van der Waals surface area (Å²) in [6, 6.07) is 7.51. The minimum atomic E-state index is -0.103. The predicted molar refractivity (Wildman–Crippen MR) is 89.9 cm³/mol. The Labute approximate surface area is 138 Å². The molecule has 0 bridgehead atoms. The number of nitriles is 1. The average Bonchev–Trinajstić information content (AvgIpc) is 2.94. The lowest BCUT2D eigenvalue weighted by Gasteiger charge is -2.07. The zero-order valence-electron chi connectivity index (χ0n) is 13.3. The van der Waals surface area contributed by atoms with Crippen LogP contribution in [0.3, 0.4) is 0 Å². The van der Waals surface area contributed by atoms with E-state index in [1.165, 1.54) is 18.3 Å². The first-order chi connectivity index (χ1) is 11.0. The third-order valence-electron chi connectivity index (χ3n) is 3.20. The molecule has 0 aliphatic rings. The van der Waals surface area contributed by atoms with Gasteiger partial charge in [-0.25, -0.2) is 4.98 Å². The molecule has 23 heavy (non-hydrogen) atoms. The van der Waals surface area contributed by atoms with Crippen molar-refractivity contribution >= 4 is 28.8 Å². The quantitative estimate of drug-likeness (QED) is 0.617. The molecule has 0 aliphatic heterocycles. The first-order valence-corrected chi connectivity index (χ1v) is 7.64. The smallest absolute Gasteiger partial charge is 0.179 e. The summed E-state index contributed by atoms with van der Waals surface area (Å²) in [5.74, 6) is 1.10. The first-order valence-electron chi connectivity index (χ1n) is 6.82. The highest BCUT2D eigenvalue weighted by Gasteiger charge is 2.14. The Balaban J connectivity index is 2.45. The summed E-state index contributed by atoms with van der Waals surface area (Å²) in [5, 5.41) is 9.95. The van der Waals surface area contributed by atoms with Crippen molar-refractivity contribution < 1.29 is 14.3 Å². The second-order valence-electron chi connectivity index (χ2n) is 4.76. The van der Waals surface area contributed by atoms with E-state index in [0.29, 0.717) is 27.8 Å². The predicted octanol–water partition coefficient (Wildman–Crippen LogP) is 3.74. The number of allylic oxidation sites excluding steroid dienone is 1. The molecule has 0 saturated carbocycles. The largest absolute Gasteiger partial charge is 0.493 e. The van der Waals surface area contributed by atoms with Crippen molar-refractivity contribution in [2.24, 2.45) is 0 Å². The Morgan fingerprint density at radius 3 is 2.52 bits per heavy atom. The van der Waals surface area contributed by atoms with E-state index in [2.05, 4.69) is 11.1 Å². The number of carbonyl (C=O) groups excluding carboxylic acids is 1. The Kier molecular flexibility index (Phi) is 5.14. The van der Waals surface area contributed by atoms with Gasteiger partial charge in [-0.05, 0) is 30.7 Å². The minimum Gasteiger partial charge on any atom is -0.493 e. The Bertz CT molecular complexity index is 816. The van der Waals surface area contributed by atoms with E-state index in [1.54, 1.807) is 32.4 Å². The number of rotatable bonds is 5. The highest BCUT2D eigenvalue weighted by atomic mass is 32.1. The summed E-state index contributed by atoms with van der Waals surface area (Å²) >= 11 is 1.33. The van der Waals surface area contributed by atoms with Crippen molar-refractivity contribution in [2.45, 2.75) is 13.8 Å². The van der Waals surface area contributed by atoms with Gasteiger partial charge in [-0.2, -0.15) is 5.26 Å². The van der Waals surface area contributed by atoms with E-state index in [-0.39, 0.29) is 5.78 Å². The molecule has 0 fully saturated rings. The van der Waals surface area contributed by atoms with Crippen molar-refractivity contribution in [2.75, 3.05) is 14.2 Å². The zero-order chi connectivity index (χ0) is 17.0. The van der Waals surface area contributed by atoms with Crippen LogP contribution in [0.2, 0.25) is 0 Å². The second-order valence-corrected chi connectivity index (χ2v) is 5.97. The van der Waals surface area contributed by atoms with E-state index in [4.69, 9.17) is 9.47 Å². The number of aromatic nitrogens is 1. The van der Waals surface area contributed by atoms with Gasteiger partial charge in [0.05, 0.1) is 19.8 Å². The van der Waals surface area contributed by atoms with E-state index >= 15 is 0 Å². The molecule has 2 rings (SSSR count). The summed E-state index contributed by atoms with van der Waals surface area (Å²) in [5.41, 5.74) is 1.60. The normalized spacial score (nSPS) is 11.0. The number of hydrogen-bond acceptors (Lipinski definition) is 6. The molecule has 1 heterocycles. The molecule has 6 heteroatoms. The lowest BCUT2D eigenvalue weighted by atomic mass is 10.1. The van der Waals surface area contributed by atoms with Gasteiger partial charge in [0.2, 0.25) is 0 Å². The van der Waals surface area contributed by atoms with Crippen molar-refractivity contribution in [3.05, 3.63) is 39.3 Å². The maximum absolute atomic E-state index is 11.5. The lowest BCUT2D eigenvalue weighted by molar-refractivity contribution is 0.101. The summed E-state index contributed by atoms with van der Waals surface area (Å²) in [6.45, 7) is 3.29. The zero-order valence-corrected chi connectivity index (χ0v) is 14.2. The number of hydrogen-bond donors (Lipinski definition) is 0. The number of ether oxygens (including phenoxy) is 2. The molecular formula is C17H16N2O3S. The molecule has 0 radical (unpaired) electrons. The monoisotopic (exact) mass is 328 g/mol. The molecular weight excluding hydrogens is 312 g/mol. The van der Waals surface area contributed by atoms with E-state index in [0.717, 1.165) is 10.4 Å². The second kappa shape index (κ2) is 7.07. The molecule has 0 aliphatic carbocycles. The molecule has 1 aromatic heterocycles. The summed E-state index contributed by atoms with van der Waals surface area (Å²) in [7, 11) is 3.12. The summed E-state index contributed by atoms with van der Waals surface area (Å²) in [4.78, 5) is 16.6. The van der Waals surface area contributed by atoms with Crippen molar-refractivity contribution in [1.29, 1.82) is 5.26 Å². The van der Waals surface area contributed by atoms with Crippen molar-refractivity contribution in [3.8, 4) is 17.6 Å². The Morgan fingerprint density at radius 1 is 1.30 bits per heavy atom. The van der Waals surface area contributed by atoms with Crippen LogP contribution < -0.4 is 9.47 Å². The van der Waals surface area contributed by atoms with Gasteiger partial charge in [-0.1, -0.05) is 6.07 Å². The number of benzene rings is 1. The maximum Gasteiger partial charge on any atom is 0.179 e. The standard InChI is InChI=1S/C17H16N2O3S/c1-10(20)16-11(2)23-17(19-16)13(9-18)7-12-5-6-14(21-3)15(8-12)22-4/h5-8H,1-4H3. The van der Waals surface area contributed by atoms with Crippen molar-refractivity contribution in [3.63, 3.8) is 0 Å². The van der Waals surface area contributed by atoms with Gasteiger partial charge < -0.3 is 9.47 Å². The number of carbonyl (C=O) groups is 1.